The Morgan fingerprint density at radius 3 is 2.13 bits per heavy atom. The number of carbonyl (C=O) groups is 4. The summed E-state index contributed by atoms with van der Waals surface area (Å²) in [5.41, 5.74) is 4.10. The number of nitrogens with two attached hydrogens (primary N) is 1. The minimum atomic E-state index is -2.21. The smallest absolute Gasteiger partial charge is 0.338 e. The normalized spacial score (nSPS) is 13.0. The highest BCUT2D eigenvalue weighted by Crippen LogP contribution is 2.15. The summed E-state index contributed by atoms with van der Waals surface area (Å²) in [7, 11) is 0. The number of Topliss-reactive ketones (excluding diaryl/α,β-unsaturated/α-hetero) is 2. The zero-order valence-electron chi connectivity index (χ0n) is 13.0. The number of carbonyl (C=O) groups excluding carboxylic acids is 3. The average molecular weight is 321 g/mol. The average Bonchev–Trinajstić information content (AvgIpc) is 2.54. The number of benzene rings is 1. The Labute approximate surface area is 133 Å². The van der Waals surface area contributed by atoms with Gasteiger partial charge in [-0.05, 0) is 12.5 Å². The quantitative estimate of drug-likeness (QED) is 0.313. The molecule has 0 bridgehead atoms. The van der Waals surface area contributed by atoms with Crippen molar-refractivity contribution in [3.8, 4) is 0 Å². The van der Waals surface area contributed by atoms with Gasteiger partial charge in [0.2, 0.25) is 17.1 Å². The Kier molecular flexibility index (Phi) is 6.15. The van der Waals surface area contributed by atoms with Crippen molar-refractivity contribution in [1.82, 2.24) is 0 Å². The summed E-state index contributed by atoms with van der Waals surface area (Å²) in [6, 6.07) is 5.72. The third kappa shape index (κ3) is 4.23. The molecule has 0 spiro atoms. The molecule has 1 aromatic rings. The zero-order valence-corrected chi connectivity index (χ0v) is 13.0. The second-order valence-corrected chi connectivity index (χ2v) is 4.98. The third-order valence-electron chi connectivity index (χ3n) is 3.29. The van der Waals surface area contributed by atoms with Crippen LogP contribution in [0.5, 0.6) is 0 Å². The first-order valence-electron chi connectivity index (χ1n) is 7.12. The standard InChI is InChI=1S/C16H19NO6/c1-3-12(18)13(19)11-7-5-10(6-8-11)9-16(17,14(20)21)15(22)23-4-2/h5-8H,3-4,9,17H2,1-2H3,(H,20,21). The number of hydrogen-bond acceptors (Lipinski definition) is 6. The van der Waals surface area contributed by atoms with Crippen LogP contribution in [0.3, 0.4) is 0 Å². The van der Waals surface area contributed by atoms with Crippen molar-refractivity contribution in [2.24, 2.45) is 5.73 Å². The fourth-order valence-corrected chi connectivity index (χ4v) is 1.91. The van der Waals surface area contributed by atoms with Gasteiger partial charge in [-0.3, -0.25) is 9.59 Å². The monoisotopic (exact) mass is 321 g/mol. The van der Waals surface area contributed by atoms with Crippen LogP contribution in [0, 0.1) is 0 Å². The molecule has 0 aromatic heterocycles. The van der Waals surface area contributed by atoms with E-state index in [2.05, 4.69) is 0 Å². The van der Waals surface area contributed by atoms with Gasteiger partial charge in [-0.15, -0.1) is 0 Å². The van der Waals surface area contributed by atoms with Gasteiger partial charge in [0.1, 0.15) is 0 Å². The van der Waals surface area contributed by atoms with Gasteiger partial charge in [0.05, 0.1) is 6.61 Å². The van der Waals surface area contributed by atoms with Crippen LogP contribution in [0.1, 0.15) is 36.2 Å². The first-order chi connectivity index (χ1) is 10.8. The van der Waals surface area contributed by atoms with Crippen LogP contribution in [-0.2, 0) is 25.5 Å². The van der Waals surface area contributed by atoms with E-state index in [1.807, 2.05) is 0 Å². The molecule has 23 heavy (non-hydrogen) atoms. The van der Waals surface area contributed by atoms with E-state index in [1.165, 1.54) is 24.3 Å². The number of aliphatic carboxylic acids is 1. The number of carboxylic acid groups (broad SMARTS) is 1. The van der Waals surface area contributed by atoms with Crippen molar-refractivity contribution >= 4 is 23.5 Å². The highest BCUT2D eigenvalue weighted by atomic mass is 16.5. The SMILES string of the molecule is CCOC(=O)C(N)(Cc1ccc(C(=O)C(=O)CC)cc1)C(=O)O. The topological polar surface area (TPSA) is 124 Å². The molecule has 1 aromatic carbocycles. The molecular weight excluding hydrogens is 302 g/mol. The molecule has 124 valence electrons. The minimum Gasteiger partial charge on any atom is -0.479 e. The molecule has 3 N–H and O–H groups in total. The lowest BCUT2D eigenvalue weighted by atomic mass is 9.91. The minimum absolute atomic E-state index is 0.0115. The first-order valence-corrected chi connectivity index (χ1v) is 7.12. The molecule has 0 aliphatic heterocycles. The van der Waals surface area contributed by atoms with Gasteiger partial charge in [-0.2, -0.15) is 0 Å². The molecule has 1 rings (SSSR count). The molecule has 0 radical (unpaired) electrons. The molecule has 7 nitrogen and oxygen atoms in total. The number of hydrogen-bond donors (Lipinski definition) is 2. The fraction of sp³-hybridized carbons (Fsp3) is 0.375. The predicted octanol–water partition coefficient (Wildman–Crippen LogP) is 0.736. The van der Waals surface area contributed by atoms with Crippen LogP contribution in [0.4, 0.5) is 0 Å². The van der Waals surface area contributed by atoms with Crippen LogP contribution in [0.25, 0.3) is 0 Å². The van der Waals surface area contributed by atoms with Crippen molar-refractivity contribution in [2.75, 3.05) is 6.61 Å². The van der Waals surface area contributed by atoms with E-state index in [1.54, 1.807) is 13.8 Å². The van der Waals surface area contributed by atoms with Crippen molar-refractivity contribution in [3.63, 3.8) is 0 Å². The zero-order chi connectivity index (χ0) is 17.6. The molecule has 0 fully saturated rings. The fourth-order valence-electron chi connectivity index (χ4n) is 1.91. The third-order valence-corrected chi connectivity index (χ3v) is 3.29. The van der Waals surface area contributed by atoms with E-state index in [0.717, 1.165) is 0 Å². The van der Waals surface area contributed by atoms with E-state index >= 15 is 0 Å². The van der Waals surface area contributed by atoms with Crippen molar-refractivity contribution in [1.29, 1.82) is 0 Å². The summed E-state index contributed by atoms with van der Waals surface area (Å²) < 4.78 is 4.70. The lowest BCUT2D eigenvalue weighted by Gasteiger charge is -2.22. The molecular formula is C16H19NO6. The maximum atomic E-state index is 11.8. The second kappa shape index (κ2) is 7.64. The number of ketones is 2. The van der Waals surface area contributed by atoms with Crippen molar-refractivity contribution in [2.45, 2.75) is 32.2 Å². The molecule has 1 atom stereocenters. The van der Waals surface area contributed by atoms with Gasteiger partial charge in [-0.25, -0.2) is 9.59 Å². The summed E-state index contributed by atoms with van der Waals surface area (Å²) >= 11 is 0. The Balaban J connectivity index is 2.99. The Morgan fingerprint density at radius 2 is 1.70 bits per heavy atom. The molecule has 0 aliphatic rings. The number of esters is 1. The van der Waals surface area contributed by atoms with Gasteiger partial charge in [-0.1, -0.05) is 31.2 Å². The summed E-state index contributed by atoms with van der Waals surface area (Å²) in [5, 5.41) is 9.21. The molecule has 0 heterocycles. The van der Waals surface area contributed by atoms with Gasteiger partial charge in [0.15, 0.2) is 0 Å². The van der Waals surface area contributed by atoms with E-state index in [9.17, 15) is 24.3 Å². The number of rotatable bonds is 8. The first kappa shape index (κ1) is 18.5. The van der Waals surface area contributed by atoms with E-state index in [-0.39, 0.29) is 25.0 Å². The Hall–Kier alpha value is -2.54. The summed E-state index contributed by atoms with van der Waals surface area (Å²) in [6.45, 7) is 3.15. The molecule has 0 saturated carbocycles. The molecule has 1 unspecified atom stereocenters. The Bertz CT molecular complexity index is 622. The van der Waals surface area contributed by atoms with Crippen LogP contribution < -0.4 is 5.73 Å². The van der Waals surface area contributed by atoms with Crippen LogP contribution in [0.15, 0.2) is 24.3 Å². The van der Waals surface area contributed by atoms with Gasteiger partial charge >= 0.3 is 11.9 Å². The lowest BCUT2D eigenvalue weighted by Crippen LogP contribution is -2.57. The molecule has 0 amide bonds. The summed E-state index contributed by atoms with van der Waals surface area (Å²) in [5.74, 6) is -3.66. The van der Waals surface area contributed by atoms with E-state index in [0.29, 0.717) is 5.56 Å². The number of ether oxygens (including phenoxy) is 1. The molecule has 0 saturated heterocycles. The van der Waals surface area contributed by atoms with E-state index < -0.39 is 29.0 Å². The van der Waals surface area contributed by atoms with E-state index in [4.69, 9.17) is 10.5 Å². The number of carboxylic acids is 1. The van der Waals surface area contributed by atoms with Gasteiger partial charge in [0, 0.05) is 18.4 Å². The second-order valence-electron chi connectivity index (χ2n) is 4.98. The van der Waals surface area contributed by atoms with Gasteiger partial charge in [0.25, 0.3) is 0 Å². The lowest BCUT2D eigenvalue weighted by molar-refractivity contribution is -0.160. The molecule has 0 aliphatic carbocycles. The Morgan fingerprint density at radius 1 is 1.13 bits per heavy atom. The highest BCUT2D eigenvalue weighted by Gasteiger charge is 2.44. The summed E-state index contributed by atoms with van der Waals surface area (Å²) in [6.07, 6.45) is -0.189. The van der Waals surface area contributed by atoms with Crippen LogP contribution in [0.2, 0.25) is 0 Å². The van der Waals surface area contributed by atoms with Crippen LogP contribution >= 0.6 is 0 Å². The van der Waals surface area contributed by atoms with Crippen molar-refractivity contribution < 1.29 is 29.0 Å². The summed E-state index contributed by atoms with van der Waals surface area (Å²) in [4.78, 5) is 46.2. The molecule has 7 heteroatoms. The highest BCUT2D eigenvalue weighted by molar-refractivity contribution is 6.43. The van der Waals surface area contributed by atoms with Crippen LogP contribution in [-0.4, -0.2) is 40.8 Å². The van der Waals surface area contributed by atoms with Crippen molar-refractivity contribution in [3.05, 3.63) is 35.4 Å². The van der Waals surface area contributed by atoms with Gasteiger partial charge < -0.3 is 15.6 Å². The predicted molar refractivity (Wildman–Crippen MR) is 81.0 cm³/mol. The maximum absolute atomic E-state index is 11.8. The largest absolute Gasteiger partial charge is 0.479 e. The maximum Gasteiger partial charge on any atom is 0.338 e.